The first-order valence-electron chi connectivity index (χ1n) is 5.84. The molecule has 0 aliphatic carbocycles. The molecule has 102 valence electrons. The van der Waals surface area contributed by atoms with Gasteiger partial charge in [0.05, 0.1) is 4.90 Å². The van der Waals surface area contributed by atoms with Crippen molar-refractivity contribution in [1.29, 1.82) is 0 Å². The molecule has 5 nitrogen and oxygen atoms in total. The van der Waals surface area contributed by atoms with Gasteiger partial charge in [0.2, 0.25) is 10.0 Å². The summed E-state index contributed by atoms with van der Waals surface area (Å²) in [6.07, 6.45) is 0. The first-order valence-corrected chi connectivity index (χ1v) is 7.28. The van der Waals surface area contributed by atoms with E-state index in [1.54, 1.807) is 24.3 Å². The van der Waals surface area contributed by atoms with Crippen LogP contribution in [0.15, 0.2) is 29.2 Å². The maximum absolute atomic E-state index is 11.8. The monoisotopic (exact) mass is 272 g/mol. The van der Waals surface area contributed by atoms with E-state index in [4.69, 9.17) is 4.74 Å². The minimum absolute atomic E-state index is 0.270. The molecule has 0 unspecified atom stereocenters. The van der Waals surface area contributed by atoms with E-state index in [-0.39, 0.29) is 4.90 Å². The van der Waals surface area contributed by atoms with Crippen molar-refractivity contribution in [2.24, 2.45) is 0 Å². The largest absolute Gasteiger partial charge is 0.492 e. The lowest BCUT2D eigenvalue weighted by atomic mass is 10.3. The Morgan fingerprint density at radius 3 is 2.33 bits per heavy atom. The molecule has 18 heavy (non-hydrogen) atoms. The molecule has 0 aliphatic heterocycles. The second kappa shape index (κ2) is 6.72. The maximum Gasteiger partial charge on any atom is 0.242 e. The zero-order chi connectivity index (χ0) is 13.6. The molecule has 1 aromatic rings. The third-order valence-corrected chi connectivity index (χ3v) is 4.23. The third-order valence-electron chi connectivity index (χ3n) is 2.40. The van der Waals surface area contributed by atoms with Crippen LogP contribution < -0.4 is 10.1 Å². The number of ether oxygens (including phenoxy) is 1. The highest BCUT2D eigenvalue weighted by molar-refractivity contribution is 7.89. The van der Waals surface area contributed by atoms with E-state index in [2.05, 4.69) is 5.32 Å². The molecular weight excluding hydrogens is 252 g/mol. The Balaban J connectivity index is 2.63. The molecule has 0 heterocycles. The number of likely N-dealkylation sites (N-methyl/N-ethyl adjacent to an activating group) is 1. The number of rotatable bonds is 7. The Morgan fingerprint density at radius 2 is 1.83 bits per heavy atom. The molecular formula is C12H20N2O3S. The fraction of sp³-hybridized carbons (Fsp3) is 0.500. The molecule has 0 amide bonds. The summed E-state index contributed by atoms with van der Waals surface area (Å²) >= 11 is 0. The lowest BCUT2D eigenvalue weighted by molar-refractivity contribution is 0.315. The van der Waals surface area contributed by atoms with Crippen molar-refractivity contribution in [2.75, 3.05) is 33.8 Å². The fourth-order valence-electron chi connectivity index (χ4n) is 1.34. The number of nitrogens with zero attached hydrogens (tertiary/aromatic N) is 1. The van der Waals surface area contributed by atoms with Crippen molar-refractivity contribution < 1.29 is 13.2 Å². The first kappa shape index (κ1) is 14.9. The van der Waals surface area contributed by atoms with Gasteiger partial charge in [0.15, 0.2) is 0 Å². The average Bonchev–Trinajstić information content (AvgIpc) is 2.35. The molecule has 0 spiro atoms. The summed E-state index contributed by atoms with van der Waals surface area (Å²) < 4.78 is 30.3. The molecule has 6 heteroatoms. The van der Waals surface area contributed by atoms with E-state index >= 15 is 0 Å². The van der Waals surface area contributed by atoms with Gasteiger partial charge in [-0.15, -0.1) is 0 Å². The zero-order valence-corrected chi connectivity index (χ0v) is 11.8. The Bertz CT molecular complexity index is 455. The van der Waals surface area contributed by atoms with Gasteiger partial charge in [-0.05, 0) is 30.8 Å². The van der Waals surface area contributed by atoms with Crippen molar-refractivity contribution in [1.82, 2.24) is 9.62 Å². The van der Waals surface area contributed by atoms with Crippen molar-refractivity contribution in [3.05, 3.63) is 24.3 Å². The van der Waals surface area contributed by atoms with Gasteiger partial charge >= 0.3 is 0 Å². The van der Waals surface area contributed by atoms with Gasteiger partial charge in [-0.3, -0.25) is 0 Å². The molecule has 0 aromatic heterocycles. The topological polar surface area (TPSA) is 58.6 Å². The molecule has 0 bridgehead atoms. The molecule has 1 N–H and O–H groups in total. The van der Waals surface area contributed by atoms with Crippen LogP contribution >= 0.6 is 0 Å². The van der Waals surface area contributed by atoms with E-state index in [0.29, 0.717) is 12.4 Å². The Kier molecular flexibility index (Phi) is 5.58. The van der Waals surface area contributed by atoms with E-state index in [1.165, 1.54) is 18.4 Å². The van der Waals surface area contributed by atoms with E-state index in [0.717, 1.165) is 13.1 Å². The SMILES string of the molecule is CCNCCOc1ccc(S(=O)(=O)N(C)C)cc1. The Labute approximate surface area is 109 Å². The molecule has 0 atom stereocenters. The van der Waals surface area contributed by atoms with Crippen LogP contribution in [0.1, 0.15) is 6.92 Å². The Hall–Kier alpha value is -1.11. The first-order chi connectivity index (χ1) is 8.48. The highest BCUT2D eigenvalue weighted by Gasteiger charge is 2.16. The summed E-state index contributed by atoms with van der Waals surface area (Å²) in [7, 11) is -0.337. The van der Waals surface area contributed by atoms with Gasteiger partial charge in [0.25, 0.3) is 0 Å². The van der Waals surface area contributed by atoms with E-state index < -0.39 is 10.0 Å². The van der Waals surface area contributed by atoms with Crippen LogP contribution in [0.25, 0.3) is 0 Å². The van der Waals surface area contributed by atoms with Gasteiger partial charge in [0.1, 0.15) is 12.4 Å². The van der Waals surface area contributed by atoms with Crippen LogP contribution in [0.5, 0.6) is 5.75 Å². The smallest absolute Gasteiger partial charge is 0.242 e. The second-order valence-corrected chi connectivity index (χ2v) is 6.11. The van der Waals surface area contributed by atoms with E-state index in [1.807, 2.05) is 6.92 Å². The van der Waals surface area contributed by atoms with Crippen LogP contribution in [0.3, 0.4) is 0 Å². The molecule has 1 rings (SSSR count). The van der Waals surface area contributed by atoms with Crippen molar-refractivity contribution in [2.45, 2.75) is 11.8 Å². The predicted octanol–water partition coefficient (Wildman–Crippen LogP) is 0.925. The average molecular weight is 272 g/mol. The Morgan fingerprint density at radius 1 is 1.22 bits per heavy atom. The number of sulfonamides is 1. The lowest BCUT2D eigenvalue weighted by Crippen LogP contribution is -2.22. The second-order valence-electron chi connectivity index (χ2n) is 3.96. The summed E-state index contributed by atoms with van der Waals surface area (Å²) in [5, 5.41) is 3.14. The number of hydrogen-bond donors (Lipinski definition) is 1. The fourth-order valence-corrected chi connectivity index (χ4v) is 2.24. The van der Waals surface area contributed by atoms with Crippen LogP contribution in [-0.4, -0.2) is 46.5 Å². The molecule has 0 saturated carbocycles. The standard InChI is InChI=1S/C12H20N2O3S/c1-4-13-9-10-17-11-5-7-12(8-6-11)18(15,16)14(2)3/h5-8,13H,4,9-10H2,1-3H3. The maximum atomic E-state index is 11.8. The summed E-state index contributed by atoms with van der Waals surface area (Å²) in [5.41, 5.74) is 0. The zero-order valence-electron chi connectivity index (χ0n) is 11.0. The molecule has 0 fully saturated rings. The van der Waals surface area contributed by atoms with Crippen LogP contribution in [-0.2, 0) is 10.0 Å². The van der Waals surface area contributed by atoms with Gasteiger partial charge in [-0.1, -0.05) is 6.92 Å². The number of benzene rings is 1. The number of hydrogen-bond acceptors (Lipinski definition) is 4. The van der Waals surface area contributed by atoms with Crippen LogP contribution in [0.4, 0.5) is 0 Å². The van der Waals surface area contributed by atoms with Crippen molar-refractivity contribution >= 4 is 10.0 Å². The van der Waals surface area contributed by atoms with Crippen molar-refractivity contribution in [3.63, 3.8) is 0 Å². The molecule has 1 aromatic carbocycles. The highest BCUT2D eigenvalue weighted by atomic mass is 32.2. The van der Waals surface area contributed by atoms with Crippen LogP contribution in [0.2, 0.25) is 0 Å². The summed E-state index contributed by atoms with van der Waals surface area (Å²) in [6, 6.07) is 6.44. The minimum Gasteiger partial charge on any atom is -0.492 e. The van der Waals surface area contributed by atoms with E-state index in [9.17, 15) is 8.42 Å². The molecule has 0 radical (unpaired) electrons. The third kappa shape index (κ3) is 3.97. The van der Waals surface area contributed by atoms with Crippen molar-refractivity contribution in [3.8, 4) is 5.75 Å². The lowest BCUT2D eigenvalue weighted by Gasteiger charge is -2.12. The van der Waals surface area contributed by atoms with Gasteiger partial charge in [-0.25, -0.2) is 12.7 Å². The van der Waals surface area contributed by atoms with Gasteiger partial charge < -0.3 is 10.1 Å². The highest BCUT2D eigenvalue weighted by Crippen LogP contribution is 2.17. The van der Waals surface area contributed by atoms with Gasteiger partial charge in [-0.2, -0.15) is 0 Å². The number of nitrogens with one attached hydrogen (secondary N) is 1. The minimum atomic E-state index is -3.36. The summed E-state index contributed by atoms with van der Waals surface area (Å²) in [4.78, 5) is 0.270. The molecule has 0 aliphatic rings. The quantitative estimate of drug-likeness (QED) is 0.750. The summed E-state index contributed by atoms with van der Waals surface area (Å²) in [5.74, 6) is 0.672. The summed E-state index contributed by atoms with van der Waals surface area (Å²) in [6.45, 7) is 4.27. The van der Waals surface area contributed by atoms with Crippen LogP contribution in [0, 0.1) is 0 Å². The molecule has 0 saturated heterocycles. The van der Waals surface area contributed by atoms with Gasteiger partial charge in [0, 0.05) is 20.6 Å². The normalized spacial score (nSPS) is 11.8. The predicted molar refractivity (Wildman–Crippen MR) is 71.4 cm³/mol.